The van der Waals surface area contributed by atoms with E-state index in [4.69, 9.17) is 4.74 Å². The molecule has 0 spiro atoms. The largest absolute Gasteiger partial charge is 0.378 e. The van der Waals surface area contributed by atoms with Gasteiger partial charge in [0.05, 0.1) is 11.8 Å². The van der Waals surface area contributed by atoms with Gasteiger partial charge < -0.3 is 15.4 Å². The topological polar surface area (TPSA) is 63.5 Å². The molecule has 0 aliphatic heterocycles. The van der Waals surface area contributed by atoms with Crippen LogP contribution in [0.1, 0.15) is 75.2 Å². The maximum absolute atomic E-state index is 6.07. The first kappa shape index (κ1) is 26.2. The summed E-state index contributed by atoms with van der Waals surface area (Å²) in [6, 6.07) is 0.298. The van der Waals surface area contributed by atoms with E-state index in [0.717, 1.165) is 44.1 Å². The fourth-order valence-corrected chi connectivity index (χ4v) is 3.99. The zero-order valence-electron chi connectivity index (χ0n) is 19.1. The highest BCUT2D eigenvalue weighted by Crippen LogP contribution is 2.20. The Kier molecular flexibility index (Phi) is 12.9. The van der Waals surface area contributed by atoms with Crippen LogP contribution in [0.4, 0.5) is 0 Å². The van der Waals surface area contributed by atoms with Crippen molar-refractivity contribution in [1.29, 1.82) is 0 Å². The summed E-state index contributed by atoms with van der Waals surface area (Å²) in [6.07, 6.45) is 11.6. The highest BCUT2D eigenvalue weighted by molar-refractivity contribution is 14.0. The van der Waals surface area contributed by atoms with Crippen molar-refractivity contribution in [2.45, 2.75) is 90.7 Å². The molecule has 1 unspecified atom stereocenters. The molecule has 0 saturated heterocycles. The van der Waals surface area contributed by atoms with Gasteiger partial charge in [0.25, 0.3) is 0 Å². The molecule has 6 nitrogen and oxygen atoms in total. The molecular formula is C22H42IN5O. The Hall–Kier alpha value is -0.830. The summed E-state index contributed by atoms with van der Waals surface area (Å²) >= 11 is 0. The van der Waals surface area contributed by atoms with Crippen molar-refractivity contribution >= 4 is 29.9 Å². The fraction of sp³-hybridized carbons (Fsp3) is 0.818. The van der Waals surface area contributed by atoms with E-state index in [2.05, 4.69) is 41.5 Å². The maximum Gasteiger partial charge on any atom is 0.191 e. The van der Waals surface area contributed by atoms with Crippen LogP contribution >= 0.6 is 24.0 Å². The molecule has 1 aromatic heterocycles. The molecule has 0 bridgehead atoms. The first-order valence-electron chi connectivity index (χ1n) is 11.1. The summed E-state index contributed by atoms with van der Waals surface area (Å²) in [5.41, 5.74) is 3.68. The molecular weight excluding hydrogens is 477 g/mol. The van der Waals surface area contributed by atoms with Gasteiger partial charge in [-0.1, -0.05) is 25.7 Å². The minimum atomic E-state index is 0. The number of aryl methyl sites for hydroxylation is 2. The molecule has 1 aliphatic rings. The molecule has 0 amide bonds. The molecule has 1 fully saturated rings. The highest BCUT2D eigenvalue weighted by Gasteiger charge is 2.14. The van der Waals surface area contributed by atoms with Crippen LogP contribution in [0, 0.1) is 13.8 Å². The van der Waals surface area contributed by atoms with Gasteiger partial charge in [0.1, 0.15) is 0 Å². The minimum Gasteiger partial charge on any atom is -0.378 e. The van der Waals surface area contributed by atoms with Crippen molar-refractivity contribution in [3.05, 3.63) is 17.0 Å². The lowest BCUT2D eigenvalue weighted by molar-refractivity contribution is 0.0411. The average Bonchev–Trinajstić information content (AvgIpc) is 2.87. The van der Waals surface area contributed by atoms with Crippen molar-refractivity contribution in [1.82, 2.24) is 20.4 Å². The number of unbranched alkanes of at least 4 members (excludes halogenated alkanes) is 1. The maximum atomic E-state index is 6.07. The molecule has 1 aliphatic carbocycles. The number of ether oxygens (including phenoxy) is 1. The van der Waals surface area contributed by atoms with Crippen LogP contribution < -0.4 is 10.6 Å². The molecule has 1 aromatic rings. The summed E-state index contributed by atoms with van der Waals surface area (Å²) in [5.74, 6) is 0.872. The Balaban J connectivity index is 0.00000420. The van der Waals surface area contributed by atoms with Gasteiger partial charge in [-0.2, -0.15) is 5.10 Å². The number of rotatable bonds is 9. The van der Waals surface area contributed by atoms with Gasteiger partial charge in [-0.15, -0.1) is 24.0 Å². The van der Waals surface area contributed by atoms with Crippen molar-refractivity contribution in [2.75, 3.05) is 20.2 Å². The predicted octanol–water partition coefficient (Wildman–Crippen LogP) is 4.27. The predicted molar refractivity (Wildman–Crippen MR) is 132 cm³/mol. The second-order valence-corrected chi connectivity index (χ2v) is 8.21. The monoisotopic (exact) mass is 519 g/mol. The van der Waals surface area contributed by atoms with Crippen molar-refractivity contribution in [2.24, 2.45) is 12.0 Å². The zero-order chi connectivity index (χ0) is 20.4. The van der Waals surface area contributed by atoms with Gasteiger partial charge in [-0.05, 0) is 58.4 Å². The van der Waals surface area contributed by atoms with Crippen LogP contribution in [0.25, 0.3) is 0 Å². The summed E-state index contributed by atoms with van der Waals surface area (Å²) in [7, 11) is 3.84. The van der Waals surface area contributed by atoms with Crippen LogP contribution in [0.2, 0.25) is 0 Å². The molecule has 1 heterocycles. The normalized spacial score (nSPS) is 16.8. The van der Waals surface area contributed by atoms with E-state index >= 15 is 0 Å². The number of aliphatic imine (C=N–C) groups is 1. The standard InChI is InChI=1S/C22H41N5O.HI/c1-17(16-21-18(2)26-27(5)19(21)3)25-22(23-4)24-14-10-11-15-28-20-12-8-6-7-9-13-20;/h17,20H,6-16H2,1-5H3,(H2,23,24,25);1H. The van der Waals surface area contributed by atoms with E-state index in [-0.39, 0.29) is 24.0 Å². The second-order valence-electron chi connectivity index (χ2n) is 8.21. The van der Waals surface area contributed by atoms with Crippen LogP contribution in [-0.4, -0.2) is 48.1 Å². The second kappa shape index (κ2) is 14.2. The molecule has 29 heavy (non-hydrogen) atoms. The van der Waals surface area contributed by atoms with Gasteiger partial charge in [-0.25, -0.2) is 0 Å². The number of aromatic nitrogens is 2. The van der Waals surface area contributed by atoms with Gasteiger partial charge in [0.2, 0.25) is 0 Å². The quantitative estimate of drug-likeness (QED) is 0.168. The van der Waals surface area contributed by atoms with Crippen molar-refractivity contribution in [3.63, 3.8) is 0 Å². The van der Waals surface area contributed by atoms with E-state index < -0.39 is 0 Å². The van der Waals surface area contributed by atoms with E-state index in [1.54, 1.807) is 0 Å². The first-order valence-corrected chi connectivity index (χ1v) is 11.1. The summed E-state index contributed by atoms with van der Waals surface area (Å²) < 4.78 is 8.03. The third-order valence-electron chi connectivity index (χ3n) is 5.80. The molecule has 0 radical (unpaired) electrons. The number of halogens is 1. The minimum absolute atomic E-state index is 0. The molecule has 1 atom stereocenters. The van der Waals surface area contributed by atoms with Crippen LogP contribution in [-0.2, 0) is 18.2 Å². The highest BCUT2D eigenvalue weighted by atomic mass is 127. The lowest BCUT2D eigenvalue weighted by Gasteiger charge is -2.18. The van der Waals surface area contributed by atoms with Gasteiger partial charge in [-0.3, -0.25) is 9.67 Å². The Morgan fingerprint density at radius 3 is 2.48 bits per heavy atom. The van der Waals surface area contributed by atoms with E-state index in [9.17, 15) is 0 Å². The van der Waals surface area contributed by atoms with Crippen LogP contribution in [0.3, 0.4) is 0 Å². The average molecular weight is 520 g/mol. The number of guanidine groups is 1. The van der Waals surface area contributed by atoms with Gasteiger partial charge in [0.15, 0.2) is 5.96 Å². The Morgan fingerprint density at radius 1 is 1.21 bits per heavy atom. The summed E-state index contributed by atoms with van der Waals surface area (Å²) in [6.45, 7) is 8.21. The Morgan fingerprint density at radius 2 is 1.90 bits per heavy atom. The summed E-state index contributed by atoms with van der Waals surface area (Å²) in [4.78, 5) is 4.36. The zero-order valence-corrected chi connectivity index (χ0v) is 21.4. The molecule has 7 heteroatoms. The first-order chi connectivity index (χ1) is 13.5. The lowest BCUT2D eigenvalue weighted by Crippen LogP contribution is -2.43. The number of hydrogen-bond donors (Lipinski definition) is 2. The third kappa shape index (κ3) is 9.24. The van der Waals surface area contributed by atoms with Crippen LogP contribution in [0.5, 0.6) is 0 Å². The number of nitrogens with one attached hydrogen (secondary N) is 2. The van der Waals surface area contributed by atoms with Gasteiger partial charge >= 0.3 is 0 Å². The Labute approximate surface area is 194 Å². The summed E-state index contributed by atoms with van der Waals surface area (Å²) in [5, 5.41) is 11.4. The number of nitrogens with zero attached hydrogens (tertiary/aromatic N) is 3. The lowest BCUT2D eigenvalue weighted by atomic mass is 10.1. The van der Waals surface area contributed by atoms with E-state index in [1.807, 2.05) is 18.8 Å². The fourth-order valence-electron chi connectivity index (χ4n) is 3.99. The van der Waals surface area contributed by atoms with Crippen molar-refractivity contribution in [3.8, 4) is 0 Å². The van der Waals surface area contributed by atoms with Crippen molar-refractivity contribution < 1.29 is 4.74 Å². The van der Waals surface area contributed by atoms with Crippen LogP contribution in [0.15, 0.2) is 4.99 Å². The molecule has 1 saturated carbocycles. The molecule has 2 N–H and O–H groups in total. The van der Waals surface area contributed by atoms with E-state index in [1.165, 1.54) is 49.8 Å². The third-order valence-corrected chi connectivity index (χ3v) is 5.80. The number of hydrogen-bond acceptors (Lipinski definition) is 3. The van der Waals surface area contributed by atoms with E-state index in [0.29, 0.717) is 12.1 Å². The smallest absolute Gasteiger partial charge is 0.191 e. The van der Waals surface area contributed by atoms with Gasteiger partial charge in [0, 0.05) is 39.0 Å². The molecule has 0 aromatic carbocycles. The SMILES string of the molecule is CN=C(NCCCCOC1CCCCCC1)NC(C)Cc1c(C)nn(C)c1C.I. The Bertz CT molecular complexity index is 609. The molecule has 2 rings (SSSR count). The molecule has 168 valence electrons.